The first kappa shape index (κ1) is 13.2. The van der Waals surface area contributed by atoms with Gasteiger partial charge in [-0.15, -0.1) is 0 Å². The van der Waals surface area contributed by atoms with Crippen LogP contribution < -0.4 is 0 Å². The Bertz CT molecular complexity index is 372. The molecular formula is C14H18Cl2O. The zero-order valence-corrected chi connectivity index (χ0v) is 11.3. The van der Waals surface area contributed by atoms with Gasteiger partial charge in [0.15, 0.2) is 0 Å². The number of benzene rings is 1. The monoisotopic (exact) mass is 272 g/mol. The van der Waals surface area contributed by atoms with E-state index in [0.29, 0.717) is 22.4 Å². The molecule has 1 unspecified atom stereocenters. The predicted molar refractivity (Wildman–Crippen MR) is 72.7 cm³/mol. The molecule has 1 nitrogen and oxygen atoms in total. The van der Waals surface area contributed by atoms with E-state index in [2.05, 4.69) is 0 Å². The number of aliphatic hydroxyl groups excluding tert-OH is 1. The molecule has 1 N–H and O–H groups in total. The average Bonchev–Trinajstić information content (AvgIpc) is 2.77. The lowest BCUT2D eigenvalue weighted by molar-refractivity contribution is 0.143. The van der Waals surface area contributed by atoms with Gasteiger partial charge in [-0.25, -0.2) is 0 Å². The summed E-state index contributed by atoms with van der Waals surface area (Å²) in [6.07, 6.45) is 6.36. The highest BCUT2D eigenvalue weighted by Crippen LogP contribution is 2.31. The van der Waals surface area contributed by atoms with Crippen LogP contribution in [0.25, 0.3) is 0 Å². The second-order valence-electron chi connectivity index (χ2n) is 4.96. The quantitative estimate of drug-likeness (QED) is 0.857. The van der Waals surface area contributed by atoms with Crippen LogP contribution in [0, 0.1) is 5.92 Å². The van der Waals surface area contributed by atoms with Crippen molar-refractivity contribution in [1.82, 2.24) is 0 Å². The normalized spacial score (nSPS) is 18.5. The minimum atomic E-state index is -0.297. The predicted octanol–water partition coefficient (Wildman–Crippen LogP) is 4.48. The van der Waals surface area contributed by atoms with Gasteiger partial charge in [0.1, 0.15) is 0 Å². The molecule has 2 rings (SSSR count). The average molecular weight is 273 g/mol. The molecule has 1 aromatic rings. The van der Waals surface area contributed by atoms with E-state index in [4.69, 9.17) is 23.2 Å². The van der Waals surface area contributed by atoms with Gasteiger partial charge < -0.3 is 5.11 Å². The van der Waals surface area contributed by atoms with Gasteiger partial charge in [0.25, 0.3) is 0 Å². The van der Waals surface area contributed by atoms with Gasteiger partial charge in [-0.3, -0.25) is 0 Å². The third-order valence-corrected chi connectivity index (χ3v) is 4.43. The van der Waals surface area contributed by atoms with Crippen LogP contribution in [0.2, 0.25) is 10.0 Å². The van der Waals surface area contributed by atoms with Crippen molar-refractivity contribution in [3.63, 3.8) is 0 Å². The smallest absolute Gasteiger partial charge is 0.0625 e. The number of rotatable bonds is 4. The van der Waals surface area contributed by atoms with Crippen molar-refractivity contribution in [3.8, 4) is 0 Å². The summed E-state index contributed by atoms with van der Waals surface area (Å²) in [6.45, 7) is 0. The van der Waals surface area contributed by atoms with E-state index in [0.717, 1.165) is 12.0 Å². The summed E-state index contributed by atoms with van der Waals surface area (Å²) in [6, 6.07) is 5.59. The van der Waals surface area contributed by atoms with E-state index in [1.54, 1.807) is 6.07 Å². The lowest BCUT2D eigenvalue weighted by Crippen LogP contribution is -2.15. The number of hydrogen-bond donors (Lipinski definition) is 1. The highest BCUT2D eigenvalue weighted by Gasteiger charge is 2.19. The summed E-state index contributed by atoms with van der Waals surface area (Å²) in [5.41, 5.74) is 0.949. The first-order valence-corrected chi connectivity index (χ1v) is 7.03. The highest BCUT2D eigenvalue weighted by molar-refractivity contribution is 6.42. The van der Waals surface area contributed by atoms with Crippen LogP contribution >= 0.6 is 23.2 Å². The molecule has 3 heteroatoms. The van der Waals surface area contributed by atoms with Gasteiger partial charge in [0.2, 0.25) is 0 Å². The molecule has 1 aliphatic rings. The standard InChI is InChI=1S/C14H18Cl2O/c15-13-7-3-6-11(14(13)16)9-12(17)8-10-4-1-2-5-10/h3,6-7,10,12,17H,1-2,4-5,8-9H2. The van der Waals surface area contributed by atoms with Crippen LogP contribution in [0.15, 0.2) is 18.2 Å². The van der Waals surface area contributed by atoms with Crippen LogP contribution in [0.1, 0.15) is 37.7 Å². The third-order valence-electron chi connectivity index (χ3n) is 3.57. The first-order chi connectivity index (χ1) is 8.16. The lowest BCUT2D eigenvalue weighted by atomic mass is 9.96. The Morgan fingerprint density at radius 1 is 1.24 bits per heavy atom. The molecule has 1 fully saturated rings. The van der Waals surface area contributed by atoms with Gasteiger partial charge in [0, 0.05) is 0 Å². The Hall–Kier alpha value is -0.240. The van der Waals surface area contributed by atoms with Gasteiger partial charge in [-0.05, 0) is 30.4 Å². The summed E-state index contributed by atoms with van der Waals surface area (Å²) in [5, 5.41) is 11.2. The van der Waals surface area contributed by atoms with Crippen molar-refractivity contribution in [2.75, 3.05) is 0 Å². The minimum Gasteiger partial charge on any atom is -0.393 e. The van der Waals surface area contributed by atoms with Crippen molar-refractivity contribution in [2.24, 2.45) is 5.92 Å². The molecule has 0 heterocycles. The van der Waals surface area contributed by atoms with Gasteiger partial charge >= 0.3 is 0 Å². The van der Waals surface area contributed by atoms with Crippen LogP contribution in [-0.2, 0) is 6.42 Å². The Morgan fingerprint density at radius 2 is 1.94 bits per heavy atom. The largest absolute Gasteiger partial charge is 0.393 e. The second kappa shape index (κ2) is 6.08. The van der Waals surface area contributed by atoms with Crippen LogP contribution in [0.4, 0.5) is 0 Å². The molecule has 0 bridgehead atoms. The molecular weight excluding hydrogens is 255 g/mol. The van der Waals surface area contributed by atoms with Crippen molar-refractivity contribution in [3.05, 3.63) is 33.8 Å². The molecule has 17 heavy (non-hydrogen) atoms. The Morgan fingerprint density at radius 3 is 2.65 bits per heavy atom. The second-order valence-corrected chi connectivity index (χ2v) is 5.74. The van der Waals surface area contributed by atoms with Gasteiger partial charge in [-0.2, -0.15) is 0 Å². The first-order valence-electron chi connectivity index (χ1n) is 6.27. The lowest BCUT2D eigenvalue weighted by Gasteiger charge is -2.16. The topological polar surface area (TPSA) is 20.2 Å². The number of hydrogen-bond acceptors (Lipinski definition) is 1. The molecule has 0 saturated heterocycles. The SMILES string of the molecule is OC(Cc1cccc(Cl)c1Cl)CC1CCCC1. The molecule has 0 aromatic heterocycles. The zero-order chi connectivity index (χ0) is 12.3. The van der Waals surface area contributed by atoms with Crippen LogP contribution in [-0.4, -0.2) is 11.2 Å². The molecule has 0 amide bonds. The van der Waals surface area contributed by atoms with Gasteiger partial charge in [0.05, 0.1) is 16.1 Å². The number of aliphatic hydroxyl groups is 1. The van der Waals surface area contributed by atoms with E-state index in [-0.39, 0.29) is 6.10 Å². The van der Waals surface area contributed by atoms with Crippen LogP contribution in [0.5, 0.6) is 0 Å². The highest BCUT2D eigenvalue weighted by atomic mass is 35.5. The Kier molecular flexibility index (Phi) is 4.72. The maximum Gasteiger partial charge on any atom is 0.0625 e. The van der Waals surface area contributed by atoms with E-state index >= 15 is 0 Å². The molecule has 94 valence electrons. The summed E-state index contributed by atoms with van der Waals surface area (Å²) >= 11 is 12.1. The van der Waals surface area contributed by atoms with E-state index in [1.807, 2.05) is 12.1 Å². The maximum atomic E-state index is 10.1. The molecule has 0 aliphatic heterocycles. The summed E-state index contributed by atoms with van der Waals surface area (Å²) < 4.78 is 0. The Balaban J connectivity index is 1.93. The van der Waals surface area contributed by atoms with E-state index in [9.17, 15) is 5.11 Å². The van der Waals surface area contributed by atoms with Crippen molar-refractivity contribution in [2.45, 2.75) is 44.6 Å². The molecule has 0 radical (unpaired) electrons. The van der Waals surface area contributed by atoms with Crippen molar-refractivity contribution >= 4 is 23.2 Å². The molecule has 0 spiro atoms. The summed E-state index contributed by atoms with van der Waals surface area (Å²) in [4.78, 5) is 0. The maximum absolute atomic E-state index is 10.1. The molecule has 1 saturated carbocycles. The Labute approximate surface area is 113 Å². The molecule has 1 atom stereocenters. The van der Waals surface area contributed by atoms with Crippen LogP contribution in [0.3, 0.4) is 0 Å². The summed E-state index contributed by atoms with van der Waals surface area (Å²) in [7, 11) is 0. The van der Waals surface area contributed by atoms with Crippen molar-refractivity contribution < 1.29 is 5.11 Å². The minimum absolute atomic E-state index is 0.297. The third kappa shape index (κ3) is 3.61. The fourth-order valence-corrected chi connectivity index (χ4v) is 3.07. The fourth-order valence-electron chi connectivity index (χ4n) is 2.67. The molecule has 1 aliphatic carbocycles. The summed E-state index contributed by atoms with van der Waals surface area (Å²) in [5.74, 6) is 0.697. The van der Waals surface area contributed by atoms with Crippen molar-refractivity contribution in [1.29, 1.82) is 0 Å². The van der Waals surface area contributed by atoms with Gasteiger partial charge in [-0.1, -0.05) is 61.0 Å². The molecule has 1 aromatic carbocycles. The fraction of sp³-hybridized carbons (Fsp3) is 0.571. The number of halogens is 2. The van der Waals surface area contributed by atoms with E-state index in [1.165, 1.54) is 25.7 Å². The van der Waals surface area contributed by atoms with E-state index < -0.39 is 0 Å². The zero-order valence-electron chi connectivity index (χ0n) is 9.83.